The van der Waals surface area contributed by atoms with Crippen LogP contribution in [0.15, 0.2) is 12.4 Å². The van der Waals surface area contributed by atoms with Gasteiger partial charge in [-0.3, -0.25) is 9.48 Å². The molecule has 0 aromatic carbocycles. The van der Waals surface area contributed by atoms with E-state index in [9.17, 15) is 4.79 Å². The van der Waals surface area contributed by atoms with Crippen molar-refractivity contribution in [3.63, 3.8) is 0 Å². The van der Waals surface area contributed by atoms with E-state index in [1.54, 1.807) is 10.9 Å². The first-order valence-electron chi connectivity index (χ1n) is 5.15. The Kier molecular flexibility index (Phi) is 3.63. The maximum atomic E-state index is 11.6. The van der Waals surface area contributed by atoms with Gasteiger partial charge in [0.15, 0.2) is 0 Å². The number of nitrogens with zero attached hydrogens (tertiary/aromatic N) is 2. The van der Waals surface area contributed by atoms with Crippen molar-refractivity contribution in [3.05, 3.63) is 18.0 Å². The van der Waals surface area contributed by atoms with Gasteiger partial charge in [-0.15, -0.1) is 0 Å². The summed E-state index contributed by atoms with van der Waals surface area (Å²) in [5, 5.41) is 4.02. The Labute approximate surface area is 90.5 Å². The van der Waals surface area contributed by atoms with E-state index in [2.05, 4.69) is 5.10 Å². The van der Waals surface area contributed by atoms with Gasteiger partial charge in [0.2, 0.25) is 0 Å². The van der Waals surface area contributed by atoms with Crippen LogP contribution < -0.4 is 5.73 Å². The molecule has 0 saturated heterocycles. The van der Waals surface area contributed by atoms with Crippen LogP contribution in [0.4, 0.5) is 0 Å². The number of aryl methyl sites for hydroxylation is 1. The molecule has 4 heteroatoms. The van der Waals surface area contributed by atoms with Gasteiger partial charge < -0.3 is 5.73 Å². The molecule has 0 amide bonds. The fourth-order valence-electron chi connectivity index (χ4n) is 1.34. The zero-order valence-corrected chi connectivity index (χ0v) is 9.66. The maximum Gasteiger partial charge on any atom is 0.137 e. The second-order valence-electron chi connectivity index (χ2n) is 4.73. The maximum absolute atomic E-state index is 11.6. The Morgan fingerprint density at radius 1 is 1.60 bits per heavy atom. The van der Waals surface area contributed by atoms with Crippen LogP contribution in [0.25, 0.3) is 0 Å². The van der Waals surface area contributed by atoms with Crippen LogP contribution in [0.1, 0.15) is 32.3 Å². The minimum absolute atomic E-state index is 0.224. The van der Waals surface area contributed by atoms with Gasteiger partial charge >= 0.3 is 0 Å². The molecule has 0 fully saturated rings. The summed E-state index contributed by atoms with van der Waals surface area (Å²) in [4.78, 5) is 11.6. The third-order valence-electron chi connectivity index (χ3n) is 2.21. The van der Waals surface area contributed by atoms with Crippen molar-refractivity contribution >= 4 is 5.78 Å². The third-order valence-corrected chi connectivity index (χ3v) is 2.21. The van der Waals surface area contributed by atoms with Gasteiger partial charge in [-0.1, -0.05) is 0 Å². The lowest BCUT2D eigenvalue weighted by Gasteiger charge is -2.17. The average molecular weight is 209 g/mol. The zero-order chi connectivity index (χ0) is 11.5. The fraction of sp³-hybridized carbons (Fsp3) is 0.636. The molecule has 4 nitrogen and oxygen atoms in total. The van der Waals surface area contributed by atoms with Crippen LogP contribution in [0.3, 0.4) is 0 Å². The van der Waals surface area contributed by atoms with E-state index in [0.29, 0.717) is 12.8 Å². The van der Waals surface area contributed by atoms with Gasteiger partial charge in [0.1, 0.15) is 5.78 Å². The summed E-state index contributed by atoms with van der Waals surface area (Å²) in [6, 6.07) is 0. The van der Waals surface area contributed by atoms with Gasteiger partial charge in [0, 0.05) is 31.6 Å². The van der Waals surface area contributed by atoms with Crippen molar-refractivity contribution in [2.75, 3.05) is 0 Å². The second kappa shape index (κ2) is 4.57. The predicted octanol–water partition coefficient (Wildman–Crippen LogP) is 1.05. The number of hydrogen-bond donors (Lipinski definition) is 1. The molecular formula is C11H19N3O. The van der Waals surface area contributed by atoms with Crippen LogP contribution in [0.5, 0.6) is 0 Å². The highest BCUT2D eigenvalue weighted by Gasteiger charge is 2.13. The molecule has 1 aromatic heterocycles. The fourth-order valence-corrected chi connectivity index (χ4v) is 1.34. The summed E-state index contributed by atoms with van der Waals surface area (Å²) in [6.07, 6.45) is 5.32. The normalized spacial score (nSPS) is 11.7. The first-order valence-corrected chi connectivity index (χ1v) is 5.15. The number of carbonyl (C=O) groups is 1. The van der Waals surface area contributed by atoms with Crippen molar-refractivity contribution in [1.29, 1.82) is 0 Å². The minimum Gasteiger partial charge on any atom is -0.326 e. The van der Waals surface area contributed by atoms with E-state index in [4.69, 9.17) is 5.73 Å². The average Bonchev–Trinajstić information content (AvgIpc) is 2.47. The summed E-state index contributed by atoms with van der Waals surface area (Å²) in [6.45, 7) is 3.87. The topological polar surface area (TPSA) is 60.9 Å². The van der Waals surface area contributed by atoms with Gasteiger partial charge in [-0.25, -0.2) is 0 Å². The van der Waals surface area contributed by atoms with Crippen molar-refractivity contribution < 1.29 is 4.79 Å². The summed E-state index contributed by atoms with van der Waals surface area (Å²) in [5.41, 5.74) is 6.52. The van der Waals surface area contributed by atoms with E-state index in [-0.39, 0.29) is 11.3 Å². The van der Waals surface area contributed by atoms with E-state index in [1.807, 2.05) is 27.1 Å². The monoisotopic (exact) mass is 209 g/mol. The highest BCUT2D eigenvalue weighted by Crippen LogP contribution is 2.09. The molecule has 0 aliphatic heterocycles. The number of rotatable bonds is 5. The standard InChI is InChI=1S/C11H19N3O/c1-11(2,12)5-4-10(15)6-9-7-13-14(3)8-9/h7-8H,4-6,12H2,1-3H3. The molecule has 0 saturated carbocycles. The van der Waals surface area contributed by atoms with E-state index in [0.717, 1.165) is 12.0 Å². The molecule has 0 atom stereocenters. The molecule has 15 heavy (non-hydrogen) atoms. The number of aromatic nitrogens is 2. The molecular weight excluding hydrogens is 190 g/mol. The largest absolute Gasteiger partial charge is 0.326 e. The molecule has 2 N–H and O–H groups in total. The minimum atomic E-state index is -0.259. The lowest BCUT2D eigenvalue weighted by atomic mass is 9.97. The Morgan fingerprint density at radius 2 is 2.27 bits per heavy atom. The van der Waals surface area contributed by atoms with E-state index < -0.39 is 0 Å². The van der Waals surface area contributed by atoms with Gasteiger partial charge in [-0.05, 0) is 25.8 Å². The van der Waals surface area contributed by atoms with Gasteiger partial charge in [-0.2, -0.15) is 5.10 Å². The van der Waals surface area contributed by atoms with Crippen LogP contribution in [0, 0.1) is 0 Å². The van der Waals surface area contributed by atoms with E-state index >= 15 is 0 Å². The molecule has 1 rings (SSSR count). The quantitative estimate of drug-likeness (QED) is 0.788. The highest BCUT2D eigenvalue weighted by atomic mass is 16.1. The Morgan fingerprint density at radius 3 is 2.73 bits per heavy atom. The lowest BCUT2D eigenvalue weighted by Crippen LogP contribution is -2.32. The summed E-state index contributed by atoms with van der Waals surface area (Å²) in [7, 11) is 1.84. The van der Waals surface area contributed by atoms with Crippen LogP contribution in [0.2, 0.25) is 0 Å². The number of carbonyl (C=O) groups excluding carboxylic acids is 1. The third kappa shape index (κ3) is 4.74. The van der Waals surface area contributed by atoms with Crippen molar-refractivity contribution in [3.8, 4) is 0 Å². The second-order valence-corrected chi connectivity index (χ2v) is 4.73. The number of ketones is 1. The van der Waals surface area contributed by atoms with Crippen LogP contribution in [-0.2, 0) is 18.3 Å². The smallest absolute Gasteiger partial charge is 0.137 e. The molecule has 1 aromatic rings. The first kappa shape index (κ1) is 11.9. The molecule has 0 unspecified atom stereocenters. The Hall–Kier alpha value is -1.16. The van der Waals surface area contributed by atoms with Gasteiger partial charge in [0.25, 0.3) is 0 Å². The predicted molar refractivity (Wildman–Crippen MR) is 59.4 cm³/mol. The van der Waals surface area contributed by atoms with E-state index in [1.165, 1.54) is 0 Å². The van der Waals surface area contributed by atoms with Crippen LogP contribution in [-0.4, -0.2) is 21.1 Å². The Balaban J connectivity index is 2.37. The lowest BCUT2D eigenvalue weighted by molar-refractivity contribution is -0.118. The first-order chi connectivity index (χ1) is 6.87. The summed E-state index contributed by atoms with van der Waals surface area (Å²) < 4.78 is 1.70. The molecule has 0 bridgehead atoms. The molecule has 1 heterocycles. The number of nitrogens with two attached hydrogens (primary N) is 1. The number of Topliss-reactive ketones (excluding diaryl/α,β-unsaturated/α-hetero) is 1. The zero-order valence-electron chi connectivity index (χ0n) is 9.66. The molecule has 84 valence electrons. The Bertz CT molecular complexity index is 336. The van der Waals surface area contributed by atoms with Crippen molar-refractivity contribution in [1.82, 2.24) is 9.78 Å². The van der Waals surface area contributed by atoms with Crippen molar-refractivity contribution in [2.45, 2.75) is 38.6 Å². The summed E-state index contributed by atoms with van der Waals surface area (Å²) >= 11 is 0. The molecule has 0 radical (unpaired) electrons. The molecule has 0 aliphatic carbocycles. The highest BCUT2D eigenvalue weighted by molar-refractivity contribution is 5.80. The van der Waals surface area contributed by atoms with Crippen LogP contribution >= 0.6 is 0 Å². The molecule has 0 aliphatic rings. The number of hydrogen-bond acceptors (Lipinski definition) is 3. The summed E-state index contributed by atoms with van der Waals surface area (Å²) in [5.74, 6) is 0.224. The van der Waals surface area contributed by atoms with Crippen molar-refractivity contribution in [2.24, 2.45) is 12.8 Å². The van der Waals surface area contributed by atoms with Gasteiger partial charge in [0.05, 0.1) is 6.20 Å². The molecule has 0 spiro atoms. The SMILES string of the molecule is Cn1cc(CC(=O)CCC(C)(C)N)cn1.